The van der Waals surface area contributed by atoms with Crippen molar-refractivity contribution in [1.82, 2.24) is 5.32 Å². The van der Waals surface area contributed by atoms with Gasteiger partial charge in [0.05, 0.1) is 23.4 Å². The number of carbonyl (C=O) groups excluding carboxylic acids is 2. The summed E-state index contributed by atoms with van der Waals surface area (Å²) in [6.45, 7) is 3.01. The van der Waals surface area contributed by atoms with Crippen LogP contribution in [0.5, 0.6) is 5.75 Å². The van der Waals surface area contributed by atoms with E-state index in [9.17, 15) is 9.59 Å². The highest BCUT2D eigenvalue weighted by atomic mass is 79.9. The Morgan fingerprint density at radius 2 is 1.65 bits per heavy atom. The quantitative estimate of drug-likeness (QED) is 0.427. The molecule has 0 aliphatic carbocycles. The maximum atomic E-state index is 13.1. The molecule has 0 heterocycles. The van der Waals surface area contributed by atoms with Gasteiger partial charge in [0.25, 0.3) is 11.8 Å². The molecule has 160 valence electrons. The van der Waals surface area contributed by atoms with Crippen LogP contribution in [0.25, 0.3) is 0 Å². The second-order valence-electron chi connectivity index (χ2n) is 6.98. The lowest BCUT2D eigenvalue weighted by molar-refractivity contribution is 0.0954. The van der Waals surface area contributed by atoms with Crippen molar-refractivity contribution in [2.75, 3.05) is 18.5 Å². The van der Waals surface area contributed by atoms with Crippen LogP contribution in [-0.4, -0.2) is 25.0 Å². The van der Waals surface area contributed by atoms with Crippen LogP contribution in [0.2, 0.25) is 0 Å². The minimum absolute atomic E-state index is 0.216. The van der Waals surface area contributed by atoms with Crippen molar-refractivity contribution in [3.63, 3.8) is 0 Å². The van der Waals surface area contributed by atoms with E-state index >= 15 is 0 Å². The summed E-state index contributed by atoms with van der Waals surface area (Å²) in [5.74, 6) is -0.0670. The van der Waals surface area contributed by atoms with Crippen LogP contribution in [0.3, 0.4) is 0 Å². The van der Waals surface area contributed by atoms with Gasteiger partial charge in [0.2, 0.25) is 0 Å². The highest BCUT2D eigenvalue weighted by molar-refractivity contribution is 9.10. The predicted octanol–water partition coefficient (Wildman–Crippen LogP) is 5.46. The maximum Gasteiger partial charge on any atom is 0.259 e. The van der Waals surface area contributed by atoms with Crippen LogP contribution in [-0.2, 0) is 6.42 Å². The van der Waals surface area contributed by atoms with Crippen LogP contribution in [0.15, 0.2) is 77.3 Å². The molecule has 2 amide bonds. The normalized spacial score (nSPS) is 10.4. The molecule has 0 fully saturated rings. The molecule has 0 bridgehead atoms. The summed E-state index contributed by atoms with van der Waals surface area (Å²) in [4.78, 5) is 25.5. The van der Waals surface area contributed by atoms with Gasteiger partial charge in [0, 0.05) is 17.4 Å². The van der Waals surface area contributed by atoms with Crippen molar-refractivity contribution in [3.8, 4) is 5.75 Å². The molecular weight excluding hydrogens is 456 g/mol. The number of ether oxygens (including phenoxy) is 1. The molecule has 3 aromatic carbocycles. The van der Waals surface area contributed by atoms with Gasteiger partial charge >= 0.3 is 0 Å². The van der Waals surface area contributed by atoms with Gasteiger partial charge < -0.3 is 15.4 Å². The van der Waals surface area contributed by atoms with Crippen LogP contribution in [0, 0.1) is 0 Å². The highest BCUT2D eigenvalue weighted by Crippen LogP contribution is 2.25. The standard InChI is InChI=1S/C25H25BrN2O3/c1-2-15-27-24(29)20-10-6-7-11-22(20)28-25(30)21-17-19(26)12-13-23(21)31-16-14-18-8-4-3-5-9-18/h3-13,17H,2,14-16H2,1H3,(H,27,29)(H,28,30). The monoisotopic (exact) mass is 480 g/mol. The van der Waals surface area contributed by atoms with E-state index < -0.39 is 0 Å². The fourth-order valence-corrected chi connectivity index (χ4v) is 3.40. The van der Waals surface area contributed by atoms with Crippen molar-refractivity contribution < 1.29 is 14.3 Å². The van der Waals surface area contributed by atoms with E-state index in [0.29, 0.717) is 35.7 Å². The number of carbonyl (C=O) groups is 2. The molecule has 0 aliphatic rings. The van der Waals surface area contributed by atoms with Crippen molar-refractivity contribution >= 4 is 33.4 Å². The topological polar surface area (TPSA) is 67.4 Å². The number of benzene rings is 3. The molecule has 0 atom stereocenters. The average Bonchev–Trinajstić information content (AvgIpc) is 2.79. The summed E-state index contributed by atoms with van der Waals surface area (Å²) in [6, 6.07) is 22.3. The van der Waals surface area contributed by atoms with Crippen molar-refractivity contribution in [3.05, 3.63) is 94.0 Å². The van der Waals surface area contributed by atoms with Gasteiger partial charge in [-0.3, -0.25) is 9.59 Å². The average molecular weight is 481 g/mol. The lowest BCUT2D eigenvalue weighted by Crippen LogP contribution is -2.26. The Morgan fingerprint density at radius 1 is 0.903 bits per heavy atom. The van der Waals surface area contributed by atoms with Crippen molar-refractivity contribution in [2.24, 2.45) is 0 Å². The molecule has 0 saturated carbocycles. The van der Waals surface area contributed by atoms with Crippen LogP contribution >= 0.6 is 15.9 Å². The predicted molar refractivity (Wildman–Crippen MR) is 127 cm³/mol. The molecular formula is C25H25BrN2O3. The fourth-order valence-electron chi connectivity index (χ4n) is 3.04. The molecule has 2 N–H and O–H groups in total. The van der Waals surface area contributed by atoms with E-state index in [4.69, 9.17) is 4.74 Å². The number of hydrogen-bond donors (Lipinski definition) is 2. The number of rotatable bonds is 9. The Morgan fingerprint density at radius 3 is 2.42 bits per heavy atom. The Kier molecular flexibility index (Phi) is 8.24. The van der Waals surface area contributed by atoms with Crippen molar-refractivity contribution in [1.29, 1.82) is 0 Å². The van der Waals surface area contributed by atoms with Gasteiger partial charge in [0.15, 0.2) is 0 Å². The van der Waals surface area contributed by atoms with E-state index in [1.807, 2.05) is 43.3 Å². The first-order valence-corrected chi connectivity index (χ1v) is 11.0. The molecule has 0 radical (unpaired) electrons. The zero-order valence-corrected chi connectivity index (χ0v) is 18.9. The van der Waals surface area contributed by atoms with E-state index in [1.54, 1.807) is 36.4 Å². The van der Waals surface area contributed by atoms with Gasteiger partial charge in [0.1, 0.15) is 5.75 Å². The van der Waals surface area contributed by atoms with E-state index in [0.717, 1.165) is 22.9 Å². The summed E-state index contributed by atoms with van der Waals surface area (Å²) in [5, 5.41) is 5.70. The summed E-state index contributed by atoms with van der Waals surface area (Å²) < 4.78 is 6.69. The molecule has 3 rings (SSSR count). The Hall–Kier alpha value is -3.12. The molecule has 31 heavy (non-hydrogen) atoms. The summed E-state index contributed by atoms with van der Waals surface area (Å²) >= 11 is 3.42. The first-order chi connectivity index (χ1) is 15.1. The lowest BCUT2D eigenvalue weighted by atomic mass is 10.1. The van der Waals surface area contributed by atoms with E-state index in [1.165, 1.54) is 0 Å². The molecule has 5 nitrogen and oxygen atoms in total. The minimum Gasteiger partial charge on any atom is -0.492 e. The van der Waals surface area contributed by atoms with E-state index in [-0.39, 0.29) is 11.8 Å². The third kappa shape index (κ3) is 6.43. The molecule has 0 unspecified atom stereocenters. The second kappa shape index (κ2) is 11.3. The minimum atomic E-state index is -0.341. The van der Waals surface area contributed by atoms with Gasteiger partial charge in [-0.2, -0.15) is 0 Å². The third-order valence-corrected chi connectivity index (χ3v) is 5.13. The zero-order chi connectivity index (χ0) is 22.1. The third-order valence-electron chi connectivity index (χ3n) is 4.63. The Labute approximate surface area is 191 Å². The van der Waals surface area contributed by atoms with Crippen LogP contribution in [0.1, 0.15) is 39.6 Å². The molecule has 0 saturated heterocycles. The number of nitrogens with one attached hydrogen (secondary N) is 2. The number of anilines is 1. The maximum absolute atomic E-state index is 13.1. The van der Waals surface area contributed by atoms with Gasteiger partial charge in [-0.05, 0) is 42.3 Å². The van der Waals surface area contributed by atoms with E-state index in [2.05, 4.69) is 26.6 Å². The van der Waals surface area contributed by atoms with Crippen LogP contribution in [0.4, 0.5) is 5.69 Å². The first-order valence-electron chi connectivity index (χ1n) is 10.2. The Bertz CT molecular complexity index is 1040. The smallest absolute Gasteiger partial charge is 0.259 e. The SMILES string of the molecule is CCCNC(=O)c1ccccc1NC(=O)c1cc(Br)ccc1OCCc1ccccc1. The molecule has 0 aliphatic heterocycles. The zero-order valence-electron chi connectivity index (χ0n) is 17.4. The summed E-state index contributed by atoms with van der Waals surface area (Å²) in [6.07, 6.45) is 1.57. The molecule has 3 aromatic rings. The fraction of sp³-hybridized carbons (Fsp3) is 0.200. The second-order valence-corrected chi connectivity index (χ2v) is 7.90. The number of para-hydroxylation sites is 1. The van der Waals surface area contributed by atoms with Gasteiger partial charge in [-0.1, -0.05) is 65.3 Å². The lowest BCUT2D eigenvalue weighted by Gasteiger charge is -2.14. The number of amides is 2. The van der Waals surface area contributed by atoms with Gasteiger partial charge in [-0.25, -0.2) is 0 Å². The summed E-state index contributed by atoms with van der Waals surface area (Å²) in [5.41, 5.74) is 2.44. The number of hydrogen-bond acceptors (Lipinski definition) is 3. The first kappa shape index (κ1) is 22.6. The number of halogens is 1. The molecule has 6 heteroatoms. The van der Waals surface area contributed by atoms with Crippen molar-refractivity contribution in [2.45, 2.75) is 19.8 Å². The Balaban J connectivity index is 1.74. The van der Waals surface area contributed by atoms with Crippen LogP contribution < -0.4 is 15.4 Å². The largest absolute Gasteiger partial charge is 0.492 e. The van der Waals surface area contributed by atoms with Gasteiger partial charge in [-0.15, -0.1) is 0 Å². The molecule has 0 aromatic heterocycles. The molecule has 0 spiro atoms. The summed E-state index contributed by atoms with van der Waals surface area (Å²) in [7, 11) is 0. The highest BCUT2D eigenvalue weighted by Gasteiger charge is 2.17.